The second-order valence-corrected chi connectivity index (χ2v) is 10.3. The van der Waals surface area contributed by atoms with Crippen LogP contribution in [-0.4, -0.2) is 58.6 Å². The molecule has 1 aliphatic carbocycles. The van der Waals surface area contributed by atoms with Gasteiger partial charge in [0.05, 0.1) is 24.9 Å². The maximum Gasteiger partial charge on any atom is 0.129 e. The van der Waals surface area contributed by atoms with Crippen LogP contribution in [0.15, 0.2) is 18.3 Å². The third-order valence-corrected chi connectivity index (χ3v) is 7.56. The Morgan fingerprint density at radius 1 is 1.17 bits per heavy atom. The molecule has 1 N–H and O–H groups in total. The Labute approximate surface area is 172 Å². The van der Waals surface area contributed by atoms with Crippen LogP contribution in [0.3, 0.4) is 0 Å². The molecule has 0 spiro atoms. The van der Waals surface area contributed by atoms with Crippen molar-refractivity contribution in [3.05, 3.63) is 29.6 Å². The lowest BCUT2D eigenvalue weighted by Gasteiger charge is -2.35. The fraction of sp³-hybridized carbons (Fsp3) is 0.652. The second kappa shape index (κ2) is 6.05. The van der Waals surface area contributed by atoms with Crippen molar-refractivity contribution in [2.24, 2.45) is 11.8 Å². The standard InChI is InChI=1S/C23H31N5O/c1-13(2)28-20(21-16-8-27(9-17(16)21)15-10-29-11-15)6-19(26-28)14-5-18-22(24-7-14)25-12-23(18,3)4/h5-7,13,15-17,21H,8-12H2,1-4H3,(H,24,25)/t16-,17+,21?. The van der Waals surface area contributed by atoms with E-state index in [0.717, 1.165) is 48.7 Å². The molecule has 5 heterocycles. The average molecular weight is 394 g/mol. The highest BCUT2D eigenvalue weighted by atomic mass is 16.5. The molecule has 3 atom stereocenters. The highest BCUT2D eigenvalue weighted by molar-refractivity contribution is 5.66. The van der Waals surface area contributed by atoms with Crippen molar-refractivity contribution >= 4 is 5.82 Å². The number of anilines is 1. The molecule has 0 aromatic carbocycles. The van der Waals surface area contributed by atoms with Crippen LogP contribution in [0.2, 0.25) is 0 Å². The Balaban J connectivity index is 1.29. The van der Waals surface area contributed by atoms with E-state index in [4.69, 9.17) is 14.8 Å². The minimum absolute atomic E-state index is 0.115. The number of rotatable bonds is 4. The zero-order valence-corrected chi connectivity index (χ0v) is 17.9. The number of likely N-dealkylation sites (tertiary alicyclic amines) is 1. The largest absolute Gasteiger partial charge is 0.378 e. The highest BCUT2D eigenvalue weighted by Gasteiger charge is 2.58. The number of ether oxygens (including phenoxy) is 1. The first kappa shape index (κ1) is 17.9. The first-order chi connectivity index (χ1) is 13.9. The fourth-order valence-electron chi connectivity index (χ4n) is 5.60. The summed E-state index contributed by atoms with van der Waals surface area (Å²) in [4.78, 5) is 7.34. The zero-order chi connectivity index (χ0) is 19.9. The normalized spacial score (nSPS) is 30.2. The molecule has 6 heteroatoms. The molecule has 2 aromatic rings. The summed E-state index contributed by atoms with van der Waals surface area (Å²) in [6.07, 6.45) is 1.98. The molecule has 3 fully saturated rings. The number of nitrogens with one attached hydrogen (secondary N) is 1. The number of nitrogens with zero attached hydrogens (tertiary/aromatic N) is 4. The van der Waals surface area contributed by atoms with Crippen molar-refractivity contribution in [3.63, 3.8) is 0 Å². The van der Waals surface area contributed by atoms with Crippen LogP contribution in [0.1, 0.15) is 50.9 Å². The molecule has 154 valence electrons. The summed E-state index contributed by atoms with van der Waals surface area (Å²) in [5, 5.41) is 8.48. The maximum absolute atomic E-state index is 5.39. The first-order valence-corrected chi connectivity index (χ1v) is 11.1. The summed E-state index contributed by atoms with van der Waals surface area (Å²) >= 11 is 0. The van der Waals surface area contributed by atoms with Gasteiger partial charge in [-0.25, -0.2) is 4.98 Å². The number of hydrogen-bond acceptors (Lipinski definition) is 5. The minimum atomic E-state index is 0.115. The van der Waals surface area contributed by atoms with E-state index in [1.165, 1.54) is 24.3 Å². The van der Waals surface area contributed by atoms with Crippen LogP contribution >= 0.6 is 0 Å². The number of pyridine rings is 1. The van der Waals surface area contributed by atoms with Gasteiger partial charge in [-0.2, -0.15) is 5.10 Å². The van der Waals surface area contributed by atoms with Crippen LogP contribution in [-0.2, 0) is 10.2 Å². The lowest BCUT2D eigenvalue weighted by atomic mass is 9.87. The molecule has 1 saturated carbocycles. The van der Waals surface area contributed by atoms with E-state index in [-0.39, 0.29) is 5.41 Å². The van der Waals surface area contributed by atoms with E-state index in [1.54, 1.807) is 0 Å². The van der Waals surface area contributed by atoms with Gasteiger partial charge in [0.1, 0.15) is 5.82 Å². The van der Waals surface area contributed by atoms with Crippen molar-refractivity contribution in [2.45, 2.75) is 51.1 Å². The van der Waals surface area contributed by atoms with E-state index in [0.29, 0.717) is 18.0 Å². The molecular formula is C23H31N5O. The molecule has 0 bridgehead atoms. The van der Waals surface area contributed by atoms with Gasteiger partial charge >= 0.3 is 0 Å². The third-order valence-electron chi connectivity index (χ3n) is 7.56. The molecule has 6 nitrogen and oxygen atoms in total. The van der Waals surface area contributed by atoms with E-state index in [1.807, 2.05) is 6.20 Å². The zero-order valence-electron chi connectivity index (χ0n) is 17.9. The first-order valence-electron chi connectivity index (χ1n) is 11.1. The SMILES string of the molecule is CC(C)n1nc(-c2cnc3c(c2)C(C)(C)CN3)cc1C1[C@H]2CN(C3COC3)C[C@@H]12. The van der Waals surface area contributed by atoms with Crippen molar-refractivity contribution in [2.75, 3.05) is 38.2 Å². The van der Waals surface area contributed by atoms with Gasteiger partial charge in [-0.3, -0.25) is 9.58 Å². The van der Waals surface area contributed by atoms with Gasteiger partial charge in [-0.1, -0.05) is 13.8 Å². The third kappa shape index (κ3) is 2.68. The van der Waals surface area contributed by atoms with Gasteiger partial charge < -0.3 is 10.1 Å². The predicted octanol–water partition coefficient (Wildman–Crippen LogP) is 3.27. The van der Waals surface area contributed by atoms with Crippen molar-refractivity contribution in [1.82, 2.24) is 19.7 Å². The molecule has 6 rings (SSSR count). The van der Waals surface area contributed by atoms with Crippen molar-refractivity contribution in [1.29, 1.82) is 0 Å². The topological polar surface area (TPSA) is 55.2 Å². The Bertz CT molecular complexity index is 948. The van der Waals surface area contributed by atoms with Crippen LogP contribution in [0.4, 0.5) is 5.82 Å². The molecule has 0 amide bonds. The lowest BCUT2D eigenvalue weighted by Crippen LogP contribution is -2.48. The summed E-state index contributed by atoms with van der Waals surface area (Å²) in [7, 11) is 0. The summed E-state index contributed by atoms with van der Waals surface area (Å²) < 4.78 is 7.66. The number of piperidine rings is 1. The van der Waals surface area contributed by atoms with Gasteiger partial charge in [0, 0.05) is 60.0 Å². The van der Waals surface area contributed by atoms with Crippen LogP contribution in [0.25, 0.3) is 11.3 Å². The quantitative estimate of drug-likeness (QED) is 0.864. The molecule has 2 aromatic heterocycles. The smallest absolute Gasteiger partial charge is 0.129 e. The molecule has 29 heavy (non-hydrogen) atoms. The van der Waals surface area contributed by atoms with Crippen LogP contribution < -0.4 is 5.32 Å². The Morgan fingerprint density at radius 3 is 2.59 bits per heavy atom. The molecule has 4 aliphatic rings. The Morgan fingerprint density at radius 2 is 1.93 bits per heavy atom. The number of aromatic nitrogens is 3. The van der Waals surface area contributed by atoms with Gasteiger partial charge in [0.15, 0.2) is 0 Å². The van der Waals surface area contributed by atoms with Crippen LogP contribution in [0.5, 0.6) is 0 Å². The molecule has 1 unspecified atom stereocenters. The summed E-state index contributed by atoms with van der Waals surface area (Å²) in [6.45, 7) is 14.3. The molecule has 2 saturated heterocycles. The minimum Gasteiger partial charge on any atom is -0.378 e. The predicted molar refractivity (Wildman–Crippen MR) is 113 cm³/mol. The summed E-state index contributed by atoms with van der Waals surface area (Å²) in [5.74, 6) is 3.27. The van der Waals surface area contributed by atoms with E-state index in [2.05, 4.69) is 54.7 Å². The van der Waals surface area contributed by atoms with Gasteiger partial charge in [0.25, 0.3) is 0 Å². The van der Waals surface area contributed by atoms with Crippen molar-refractivity contribution < 1.29 is 4.74 Å². The molecular weight excluding hydrogens is 362 g/mol. The van der Waals surface area contributed by atoms with E-state index >= 15 is 0 Å². The van der Waals surface area contributed by atoms with E-state index < -0.39 is 0 Å². The van der Waals surface area contributed by atoms with E-state index in [9.17, 15) is 0 Å². The summed E-state index contributed by atoms with van der Waals surface area (Å²) in [5.41, 5.74) is 5.05. The molecule has 0 radical (unpaired) electrons. The van der Waals surface area contributed by atoms with Crippen LogP contribution in [0, 0.1) is 11.8 Å². The average Bonchev–Trinajstić information content (AvgIpc) is 3.02. The van der Waals surface area contributed by atoms with Gasteiger partial charge in [-0.05, 0) is 37.8 Å². The monoisotopic (exact) mass is 393 g/mol. The molecule has 3 aliphatic heterocycles. The Kier molecular flexibility index (Phi) is 3.73. The number of fused-ring (bicyclic) bond motifs is 2. The number of hydrogen-bond donors (Lipinski definition) is 1. The highest BCUT2D eigenvalue weighted by Crippen LogP contribution is 2.59. The fourth-order valence-corrected chi connectivity index (χ4v) is 5.60. The lowest BCUT2D eigenvalue weighted by molar-refractivity contribution is -0.0610. The second-order valence-electron chi connectivity index (χ2n) is 10.3. The Hall–Kier alpha value is -1.92. The maximum atomic E-state index is 5.39. The van der Waals surface area contributed by atoms with Crippen molar-refractivity contribution in [3.8, 4) is 11.3 Å². The van der Waals surface area contributed by atoms with Gasteiger partial charge in [0.2, 0.25) is 0 Å². The summed E-state index contributed by atoms with van der Waals surface area (Å²) in [6, 6.07) is 5.68. The van der Waals surface area contributed by atoms with Gasteiger partial charge in [-0.15, -0.1) is 0 Å².